The van der Waals surface area contributed by atoms with Gasteiger partial charge < -0.3 is 15.7 Å². The first-order valence-corrected chi connectivity index (χ1v) is 7.53. The van der Waals surface area contributed by atoms with Crippen LogP contribution in [-0.2, 0) is 0 Å². The minimum absolute atomic E-state index is 0.148. The molecular weight excluding hydrogens is 252 g/mol. The number of hydrogen-bond donors (Lipinski definition) is 3. The predicted octanol–water partition coefficient (Wildman–Crippen LogP) is 2.71. The Morgan fingerprint density at radius 1 is 1.05 bits per heavy atom. The van der Waals surface area contributed by atoms with E-state index in [1.807, 2.05) is 0 Å². The molecule has 2 aliphatic carbocycles. The molecule has 0 aromatic heterocycles. The lowest BCUT2D eigenvalue weighted by atomic mass is 9.91. The summed E-state index contributed by atoms with van der Waals surface area (Å²) in [6, 6.07) is 12.0. The average molecular weight is 274 g/mol. The molecule has 0 spiro atoms. The van der Waals surface area contributed by atoms with Crippen molar-refractivity contribution in [3.05, 3.63) is 35.9 Å². The van der Waals surface area contributed by atoms with Crippen molar-refractivity contribution in [3.8, 4) is 0 Å². The van der Waals surface area contributed by atoms with Gasteiger partial charge in [0.25, 0.3) is 0 Å². The van der Waals surface area contributed by atoms with Crippen LogP contribution in [0.2, 0.25) is 0 Å². The normalized spacial score (nSPS) is 32.6. The monoisotopic (exact) mass is 274 g/mol. The van der Waals surface area contributed by atoms with Crippen LogP contribution < -0.4 is 10.6 Å². The number of carbonyl (C=O) groups is 1. The van der Waals surface area contributed by atoms with E-state index in [0.29, 0.717) is 18.0 Å². The molecule has 2 unspecified atom stereocenters. The molecule has 1 aromatic rings. The fourth-order valence-corrected chi connectivity index (χ4v) is 3.33. The molecule has 3 rings (SSSR count). The molecule has 0 aliphatic heterocycles. The van der Waals surface area contributed by atoms with Crippen LogP contribution in [0, 0.1) is 0 Å². The van der Waals surface area contributed by atoms with E-state index in [4.69, 9.17) is 5.11 Å². The van der Waals surface area contributed by atoms with Gasteiger partial charge >= 0.3 is 6.09 Å². The topological polar surface area (TPSA) is 61.4 Å². The van der Waals surface area contributed by atoms with E-state index in [9.17, 15) is 4.79 Å². The highest BCUT2D eigenvalue weighted by molar-refractivity contribution is 5.64. The molecule has 2 atom stereocenters. The Hall–Kier alpha value is -1.55. The summed E-state index contributed by atoms with van der Waals surface area (Å²) in [5.74, 6) is 0.672. The first kappa shape index (κ1) is 13.4. The fraction of sp³-hybridized carbons (Fsp3) is 0.562. The maximum Gasteiger partial charge on any atom is 0.404 e. The summed E-state index contributed by atoms with van der Waals surface area (Å²) in [7, 11) is 0. The second-order valence-electron chi connectivity index (χ2n) is 6.02. The van der Waals surface area contributed by atoms with Crippen molar-refractivity contribution in [2.24, 2.45) is 0 Å². The van der Waals surface area contributed by atoms with Gasteiger partial charge in [0.05, 0.1) is 0 Å². The second-order valence-corrected chi connectivity index (χ2v) is 6.02. The van der Waals surface area contributed by atoms with Crippen LogP contribution in [0.5, 0.6) is 0 Å². The van der Waals surface area contributed by atoms with Crippen LogP contribution in [0.25, 0.3) is 0 Å². The van der Waals surface area contributed by atoms with E-state index in [0.717, 1.165) is 25.7 Å². The average Bonchev–Trinajstić information content (AvgIpc) is 3.21. The molecule has 2 saturated carbocycles. The SMILES string of the molecule is O=C(O)NC1CCC(NC2CC2c2ccccc2)CC1. The summed E-state index contributed by atoms with van der Waals surface area (Å²) in [5, 5.41) is 15.1. The van der Waals surface area contributed by atoms with Gasteiger partial charge in [-0.1, -0.05) is 30.3 Å². The molecule has 4 heteroatoms. The van der Waals surface area contributed by atoms with Gasteiger partial charge in [0.15, 0.2) is 0 Å². The van der Waals surface area contributed by atoms with E-state index >= 15 is 0 Å². The number of carboxylic acid groups (broad SMARTS) is 1. The lowest BCUT2D eigenvalue weighted by Crippen LogP contribution is -2.42. The Kier molecular flexibility index (Phi) is 3.92. The Balaban J connectivity index is 1.42. The maximum absolute atomic E-state index is 10.6. The van der Waals surface area contributed by atoms with Crippen molar-refractivity contribution in [2.75, 3.05) is 0 Å². The van der Waals surface area contributed by atoms with Gasteiger partial charge in [-0.25, -0.2) is 4.79 Å². The van der Waals surface area contributed by atoms with E-state index < -0.39 is 6.09 Å². The summed E-state index contributed by atoms with van der Waals surface area (Å²) in [6.45, 7) is 0. The van der Waals surface area contributed by atoms with Gasteiger partial charge in [-0.2, -0.15) is 0 Å². The summed E-state index contributed by atoms with van der Waals surface area (Å²) >= 11 is 0. The van der Waals surface area contributed by atoms with E-state index in [1.165, 1.54) is 12.0 Å². The van der Waals surface area contributed by atoms with Gasteiger partial charge in [0.2, 0.25) is 0 Å². The molecule has 0 heterocycles. The molecule has 1 aromatic carbocycles. The second kappa shape index (κ2) is 5.83. The van der Waals surface area contributed by atoms with Crippen LogP contribution in [0.15, 0.2) is 30.3 Å². The van der Waals surface area contributed by atoms with Crippen molar-refractivity contribution in [3.63, 3.8) is 0 Å². The van der Waals surface area contributed by atoms with Crippen LogP contribution in [0.4, 0.5) is 4.79 Å². The molecular formula is C16H22N2O2. The van der Waals surface area contributed by atoms with Crippen molar-refractivity contribution >= 4 is 6.09 Å². The third-order valence-corrected chi connectivity index (χ3v) is 4.52. The van der Waals surface area contributed by atoms with Gasteiger partial charge in [-0.3, -0.25) is 0 Å². The standard InChI is InChI=1S/C16H22N2O2/c19-16(20)18-13-8-6-12(7-9-13)17-15-10-14(15)11-4-2-1-3-5-11/h1-5,12-15,17-18H,6-10H2,(H,19,20). The Morgan fingerprint density at radius 3 is 2.35 bits per heavy atom. The lowest BCUT2D eigenvalue weighted by molar-refractivity contribution is 0.183. The van der Waals surface area contributed by atoms with E-state index in [-0.39, 0.29) is 6.04 Å². The number of rotatable bonds is 4. The Labute approximate surface area is 119 Å². The minimum atomic E-state index is -0.896. The summed E-state index contributed by atoms with van der Waals surface area (Å²) in [5.41, 5.74) is 1.44. The van der Waals surface area contributed by atoms with E-state index in [2.05, 4.69) is 41.0 Å². The minimum Gasteiger partial charge on any atom is -0.465 e. The first-order valence-electron chi connectivity index (χ1n) is 7.53. The van der Waals surface area contributed by atoms with E-state index in [1.54, 1.807) is 0 Å². The zero-order valence-electron chi connectivity index (χ0n) is 11.6. The largest absolute Gasteiger partial charge is 0.465 e. The number of amides is 1. The van der Waals surface area contributed by atoms with Crippen molar-refractivity contribution in [1.29, 1.82) is 0 Å². The summed E-state index contributed by atoms with van der Waals surface area (Å²) in [6.07, 6.45) is 4.38. The molecule has 4 nitrogen and oxygen atoms in total. The summed E-state index contributed by atoms with van der Waals surface area (Å²) in [4.78, 5) is 10.6. The highest BCUT2D eigenvalue weighted by Crippen LogP contribution is 2.41. The third kappa shape index (κ3) is 3.31. The molecule has 2 fully saturated rings. The molecule has 20 heavy (non-hydrogen) atoms. The number of benzene rings is 1. The van der Waals surface area contributed by atoms with Gasteiger partial charge in [0.1, 0.15) is 0 Å². The zero-order valence-corrected chi connectivity index (χ0v) is 11.6. The van der Waals surface area contributed by atoms with Crippen LogP contribution in [-0.4, -0.2) is 29.3 Å². The lowest BCUT2D eigenvalue weighted by Gasteiger charge is -2.29. The Bertz CT molecular complexity index is 455. The van der Waals surface area contributed by atoms with Crippen molar-refractivity contribution in [2.45, 2.75) is 56.1 Å². The smallest absolute Gasteiger partial charge is 0.404 e. The molecule has 2 aliphatic rings. The quantitative estimate of drug-likeness (QED) is 0.791. The highest BCUT2D eigenvalue weighted by atomic mass is 16.4. The van der Waals surface area contributed by atoms with Crippen molar-refractivity contribution in [1.82, 2.24) is 10.6 Å². The zero-order chi connectivity index (χ0) is 13.9. The predicted molar refractivity (Wildman–Crippen MR) is 77.9 cm³/mol. The molecule has 3 N–H and O–H groups in total. The third-order valence-electron chi connectivity index (χ3n) is 4.52. The number of nitrogens with one attached hydrogen (secondary N) is 2. The molecule has 1 amide bonds. The summed E-state index contributed by atoms with van der Waals surface area (Å²) < 4.78 is 0. The molecule has 0 radical (unpaired) electrons. The highest BCUT2D eigenvalue weighted by Gasteiger charge is 2.39. The van der Waals surface area contributed by atoms with Crippen LogP contribution >= 0.6 is 0 Å². The molecule has 108 valence electrons. The molecule has 0 bridgehead atoms. The molecule has 0 saturated heterocycles. The van der Waals surface area contributed by atoms with Crippen LogP contribution in [0.3, 0.4) is 0 Å². The van der Waals surface area contributed by atoms with Crippen LogP contribution in [0.1, 0.15) is 43.6 Å². The first-order chi connectivity index (χ1) is 9.72. The van der Waals surface area contributed by atoms with Gasteiger partial charge in [0, 0.05) is 24.0 Å². The van der Waals surface area contributed by atoms with Crippen molar-refractivity contribution < 1.29 is 9.90 Å². The Morgan fingerprint density at radius 2 is 1.70 bits per heavy atom. The maximum atomic E-state index is 10.6. The van der Waals surface area contributed by atoms with Gasteiger partial charge in [-0.15, -0.1) is 0 Å². The number of hydrogen-bond acceptors (Lipinski definition) is 2. The van der Waals surface area contributed by atoms with Gasteiger partial charge in [-0.05, 0) is 37.7 Å². The fourth-order valence-electron chi connectivity index (χ4n) is 3.33.